The van der Waals surface area contributed by atoms with Crippen LogP contribution in [0.4, 0.5) is 10.1 Å². The number of hydrogen-bond donors (Lipinski definition) is 1. The van der Waals surface area contributed by atoms with Gasteiger partial charge in [0.05, 0.1) is 0 Å². The van der Waals surface area contributed by atoms with Crippen molar-refractivity contribution in [2.75, 3.05) is 5.32 Å². The molecule has 136 valence electrons. The largest absolute Gasteiger partial charge is 0.449 e. The number of halogens is 1. The molecule has 1 N–H and O–H groups in total. The Balaban J connectivity index is 1.61. The lowest BCUT2D eigenvalue weighted by atomic mass is 10.1. The molecule has 0 spiro atoms. The first-order chi connectivity index (χ1) is 13.0. The lowest BCUT2D eigenvalue weighted by Gasteiger charge is -2.13. The van der Waals surface area contributed by atoms with E-state index in [0.29, 0.717) is 11.3 Å². The maximum absolute atomic E-state index is 12.9. The summed E-state index contributed by atoms with van der Waals surface area (Å²) in [6.07, 6.45) is 1.74. The second kappa shape index (κ2) is 8.27. The molecule has 0 fully saturated rings. The molecule has 0 heterocycles. The monoisotopic (exact) mass is 363 g/mol. The van der Waals surface area contributed by atoms with Crippen molar-refractivity contribution >= 4 is 34.4 Å². The Labute approximate surface area is 156 Å². The Bertz CT molecular complexity index is 991. The van der Waals surface area contributed by atoms with E-state index in [1.165, 1.54) is 43.3 Å². The number of amides is 1. The van der Waals surface area contributed by atoms with Crippen LogP contribution in [-0.2, 0) is 14.3 Å². The van der Waals surface area contributed by atoms with Gasteiger partial charge in [0.1, 0.15) is 5.82 Å². The van der Waals surface area contributed by atoms with Crippen LogP contribution < -0.4 is 5.32 Å². The Morgan fingerprint density at radius 1 is 1.00 bits per heavy atom. The summed E-state index contributed by atoms with van der Waals surface area (Å²) in [5.41, 5.74) is 1.31. The quantitative estimate of drug-likeness (QED) is 0.534. The molecule has 1 atom stereocenters. The van der Waals surface area contributed by atoms with Gasteiger partial charge in [-0.2, -0.15) is 0 Å². The molecule has 0 aromatic heterocycles. The third kappa shape index (κ3) is 4.79. The van der Waals surface area contributed by atoms with Gasteiger partial charge in [-0.1, -0.05) is 48.5 Å². The van der Waals surface area contributed by atoms with Crippen molar-refractivity contribution in [1.29, 1.82) is 0 Å². The van der Waals surface area contributed by atoms with Crippen molar-refractivity contribution in [3.05, 3.63) is 84.2 Å². The first kappa shape index (κ1) is 18.3. The zero-order chi connectivity index (χ0) is 19.2. The lowest BCUT2D eigenvalue weighted by Crippen LogP contribution is -2.29. The van der Waals surface area contributed by atoms with E-state index in [4.69, 9.17) is 4.74 Å². The summed E-state index contributed by atoms with van der Waals surface area (Å²) in [4.78, 5) is 24.2. The number of ether oxygens (including phenoxy) is 1. The predicted molar refractivity (Wildman–Crippen MR) is 104 cm³/mol. The summed E-state index contributed by atoms with van der Waals surface area (Å²) in [6.45, 7) is 1.50. The Morgan fingerprint density at radius 3 is 2.48 bits per heavy atom. The molecule has 0 aliphatic heterocycles. The van der Waals surface area contributed by atoms with Crippen LogP contribution in [0.3, 0.4) is 0 Å². The Kier molecular flexibility index (Phi) is 5.61. The Morgan fingerprint density at radius 2 is 1.70 bits per heavy atom. The second-order valence-electron chi connectivity index (χ2n) is 5.98. The molecule has 3 aromatic carbocycles. The van der Waals surface area contributed by atoms with E-state index in [1.807, 2.05) is 36.4 Å². The van der Waals surface area contributed by atoms with E-state index in [1.54, 1.807) is 6.07 Å². The molecule has 0 aliphatic carbocycles. The predicted octanol–water partition coefficient (Wildman–Crippen LogP) is 4.56. The van der Waals surface area contributed by atoms with Crippen molar-refractivity contribution in [2.45, 2.75) is 13.0 Å². The summed E-state index contributed by atoms with van der Waals surface area (Å²) in [6, 6.07) is 18.9. The van der Waals surface area contributed by atoms with Gasteiger partial charge < -0.3 is 10.1 Å². The van der Waals surface area contributed by atoms with Crippen LogP contribution >= 0.6 is 0 Å². The van der Waals surface area contributed by atoms with Gasteiger partial charge >= 0.3 is 5.97 Å². The number of carbonyl (C=O) groups excluding carboxylic acids is 2. The van der Waals surface area contributed by atoms with Crippen molar-refractivity contribution in [2.24, 2.45) is 0 Å². The van der Waals surface area contributed by atoms with Crippen molar-refractivity contribution in [1.82, 2.24) is 0 Å². The fourth-order valence-corrected chi connectivity index (χ4v) is 2.57. The standard InChI is InChI=1S/C22H18FNO3/c1-15(27-21(25)14-11-16-9-12-18(23)13-10-16)22(26)24-20-8-4-6-17-5-2-3-7-19(17)20/h2-15H,1H3,(H,24,26)/b14-11+/t15-/m1/s1. The highest BCUT2D eigenvalue weighted by atomic mass is 19.1. The molecule has 3 rings (SSSR count). The molecule has 5 heteroatoms. The molecule has 4 nitrogen and oxygen atoms in total. The summed E-state index contributed by atoms with van der Waals surface area (Å²) in [5, 5.41) is 4.70. The number of esters is 1. The molecule has 0 bridgehead atoms. The average Bonchev–Trinajstić information content (AvgIpc) is 2.68. The van der Waals surface area contributed by atoms with Crippen molar-refractivity contribution < 1.29 is 18.7 Å². The lowest BCUT2D eigenvalue weighted by molar-refractivity contribution is -0.148. The van der Waals surface area contributed by atoms with E-state index in [9.17, 15) is 14.0 Å². The van der Waals surface area contributed by atoms with E-state index in [-0.39, 0.29) is 5.82 Å². The number of anilines is 1. The van der Waals surface area contributed by atoms with Crippen molar-refractivity contribution in [3.8, 4) is 0 Å². The van der Waals surface area contributed by atoms with Crippen LogP contribution in [0.1, 0.15) is 12.5 Å². The molecular formula is C22H18FNO3. The molecular weight excluding hydrogens is 345 g/mol. The van der Waals surface area contributed by atoms with Gasteiger partial charge in [-0.25, -0.2) is 9.18 Å². The molecule has 0 aliphatic rings. The number of benzene rings is 3. The van der Waals surface area contributed by atoms with Crippen LogP contribution in [0.25, 0.3) is 16.8 Å². The van der Waals surface area contributed by atoms with E-state index >= 15 is 0 Å². The van der Waals surface area contributed by atoms with E-state index in [0.717, 1.165) is 10.8 Å². The molecule has 0 saturated heterocycles. The molecule has 27 heavy (non-hydrogen) atoms. The zero-order valence-corrected chi connectivity index (χ0v) is 14.7. The summed E-state index contributed by atoms with van der Waals surface area (Å²) < 4.78 is 18.0. The van der Waals surface area contributed by atoms with Crippen LogP contribution in [-0.4, -0.2) is 18.0 Å². The summed E-state index contributed by atoms with van der Waals surface area (Å²) in [7, 11) is 0. The highest BCUT2D eigenvalue weighted by Crippen LogP contribution is 2.23. The van der Waals surface area contributed by atoms with Crippen molar-refractivity contribution in [3.63, 3.8) is 0 Å². The molecule has 0 unspecified atom stereocenters. The number of rotatable bonds is 5. The fourth-order valence-electron chi connectivity index (χ4n) is 2.57. The minimum atomic E-state index is -0.964. The van der Waals surface area contributed by atoms with Gasteiger partial charge in [-0.15, -0.1) is 0 Å². The van der Waals surface area contributed by atoms with Crippen LogP contribution in [0, 0.1) is 5.82 Å². The summed E-state index contributed by atoms with van der Waals surface area (Å²) in [5.74, 6) is -1.43. The van der Waals surface area contributed by atoms with E-state index in [2.05, 4.69) is 5.32 Å². The first-order valence-electron chi connectivity index (χ1n) is 8.46. The topological polar surface area (TPSA) is 55.4 Å². The minimum absolute atomic E-state index is 0.353. The highest BCUT2D eigenvalue weighted by molar-refractivity contribution is 6.04. The van der Waals surface area contributed by atoms with Gasteiger partial charge in [0.15, 0.2) is 6.10 Å². The summed E-state index contributed by atoms with van der Waals surface area (Å²) >= 11 is 0. The van der Waals surface area contributed by atoms with Gasteiger partial charge in [0, 0.05) is 17.1 Å². The number of hydrogen-bond acceptors (Lipinski definition) is 3. The highest BCUT2D eigenvalue weighted by Gasteiger charge is 2.17. The normalized spacial score (nSPS) is 12.1. The SMILES string of the molecule is C[C@@H](OC(=O)/C=C/c1ccc(F)cc1)C(=O)Nc1cccc2ccccc12. The molecule has 0 saturated carbocycles. The Hall–Kier alpha value is -3.47. The van der Waals surface area contributed by atoms with Crippen LogP contribution in [0.5, 0.6) is 0 Å². The van der Waals surface area contributed by atoms with Crippen LogP contribution in [0.2, 0.25) is 0 Å². The third-order valence-corrected chi connectivity index (χ3v) is 3.99. The van der Waals surface area contributed by atoms with Gasteiger partial charge in [0.2, 0.25) is 0 Å². The fraction of sp³-hybridized carbons (Fsp3) is 0.0909. The van der Waals surface area contributed by atoms with Gasteiger partial charge in [0.25, 0.3) is 5.91 Å². The van der Waals surface area contributed by atoms with Crippen LogP contribution in [0.15, 0.2) is 72.8 Å². The van der Waals surface area contributed by atoms with Gasteiger partial charge in [-0.05, 0) is 42.1 Å². The van der Waals surface area contributed by atoms with Gasteiger partial charge in [-0.3, -0.25) is 4.79 Å². The first-order valence-corrected chi connectivity index (χ1v) is 8.46. The minimum Gasteiger partial charge on any atom is -0.449 e. The van der Waals surface area contributed by atoms with E-state index < -0.39 is 18.0 Å². The number of nitrogens with one attached hydrogen (secondary N) is 1. The average molecular weight is 363 g/mol. The maximum atomic E-state index is 12.9. The molecule has 0 radical (unpaired) electrons. The number of carbonyl (C=O) groups is 2. The molecule has 1 amide bonds. The zero-order valence-electron chi connectivity index (χ0n) is 14.7. The molecule has 3 aromatic rings. The second-order valence-corrected chi connectivity index (χ2v) is 5.98. The smallest absolute Gasteiger partial charge is 0.331 e. The third-order valence-electron chi connectivity index (χ3n) is 3.99. The number of fused-ring (bicyclic) bond motifs is 1. The maximum Gasteiger partial charge on any atom is 0.331 e.